The van der Waals surface area contributed by atoms with Crippen LogP contribution < -0.4 is 20.7 Å². The fourth-order valence-corrected chi connectivity index (χ4v) is 5.29. The van der Waals surface area contributed by atoms with E-state index in [1.807, 2.05) is 20.2 Å². The SMILES string of the molecule is CNC.COc1cc(S(C)(=O)=O)ccc1NCC#Cc1cc2c(NC3CCCCC3)cccc2n1CC(F)(F)F. The molecule has 0 radical (unpaired) electrons. The first-order valence-corrected chi connectivity index (χ1v) is 15.0. The van der Waals surface area contributed by atoms with Gasteiger partial charge in [0.2, 0.25) is 0 Å². The van der Waals surface area contributed by atoms with Gasteiger partial charge in [0.1, 0.15) is 12.3 Å². The zero-order chi connectivity index (χ0) is 29.3. The Kier molecular flexibility index (Phi) is 10.8. The summed E-state index contributed by atoms with van der Waals surface area (Å²) >= 11 is 0. The van der Waals surface area contributed by atoms with E-state index in [1.165, 1.54) is 30.2 Å². The fourth-order valence-electron chi connectivity index (χ4n) is 4.65. The van der Waals surface area contributed by atoms with E-state index >= 15 is 0 Å². The fraction of sp³-hybridized carbons (Fsp3) is 0.448. The number of ether oxygens (including phenoxy) is 1. The first kappa shape index (κ1) is 31.2. The Labute approximate surface area is 234 Å². The van der Waals surface area contributed by atoms with E-state index in [-0.39, 0.29) is 17.1 Å². The van der Waals surface area contributed by atoms with Crippen LogP contribution in [0.3, 0.4) is 0 Å². The van der Waals surface area contributed by atoms with Crippen molar-refractivity contribution in [1.82, 2.24) is 9.88 Å². The Hall–Kier alpha value is -3.36. The summed E-state index contributed by atoms with van der Waals surface area (Å²) in [6, 6.07) is 11.8. The number of sulfone groups is 1. The third-order valence-corrected chi connectivity index (χ3v) is 7.54. The lowest BCUT2D eigenvalue weighted by atomic mass is 9.95. The number of benzene rings is 2. The van der Waals surface area contributed by atoms with Crippen molar-refractivity contribution in [3.8, 4) is 17.6 Å². The molecule has 0 aliphatic heterocycles. The van der Waals surface area contributed by atoms with E-state index in [1.54, 1.807) is 24.3 Å². The predicted octanol–water partition coefficient (Wildman–Crippen LogP) is 5.66. The molecule has 2 aromatic carbocycles. The van der Waals surface area contributed by atoms with E-state index < -0.39 is 22.6 Å². The summed E-state index contributed by atoms with van der Waals surface area (Å²) < 4.78 is 70.4. The molecule has 11 heteroatoms. The highest BCUT2D eigenvalue weighted by atomic mass is 32.2. The molecule has 1 heterocycles. The summed E-state index contributed by atoms with van der Waals surface area (Å²) in [4.78, 5) is 0.121. The van der Waals surface area contributed by atoms with Crippen molar-refractivity contribution < 1.29 is 26.3 Å². The number of rotatable bonds is 7. The van der Waals surface area contributed by atoms with Gasteiger partial charge in [-0.05, 0) is 63.2 Å². The van der Waals surface area contributed by atoms with E-state index in [4.69, 9.17) is 4.74 Å². The molecule has 0 saturated heterocycles. The van der Waals surface area contributed by atoms with Gasteiger partial charge in [-0.25, -0.2) is 8.42 Å². The molecular formula is C29H37F3N4O3S. The molecule has 40 heavy (non-hydrogen) atoms. The Morgan fingerprint density at radius 1 is 1.05 bits per heavy atom. The minimum Gasteiger partial charge on any atom is -0.495 e. The molecule has 0 spiro atoms. The average molecular weight is 579 g/mol. The number of halogens is 3. The van der Waals surface area contributed by atoms with Crippen LogP contribution in [-0.4, -0.2) is 59.2 Å². The molecule has 218 valence electrons. The molecule has 3 aromatic rings. The van der Waals surface area contributed by atoms with Crippen molar-refractivity contribution in [3.05, 3.63) is 48.2 Å². The van der Waals surface area contributed by atoms with E-state index in [9.17, 15) is 21.6 Å². The molecule has 0 bridgehead atoms. The molecule has 1 aromatic heterocycles. The largest absolute Gasteiger partial charge is 0.495 e. The molecule has 0 unspecified atom stereocenters. The number of alkyl halides is 3. The van der Waals surface area contributed by atoms with Gasteiger partial charge in [0.05, 0.1) is 35.4 Å². The summed E-state index contributed by atoms with van der Waals surface area (Å²) in [5, 5.41) is 10.0. The lowest BCUT2D eigenvalue weighted by Gasteiger charge is -2.24. The summed E-state index contributed by atoms with van der Waals surface area (Å²) in [6.45, 7) is -1.02. The maximum atomic E-state index is 13.5. The normalized spacial score (nSPS) is 14.1. The van der Waals surface area contributed by atoms with Gasteiger partial charge >= 0.3 is 6.18 Å². The van der Waals surface area contributed by atoms with Gasteiger partial charge in [-0.3, -0.25) is 0 Å². The number of fused-ring (bicyclic) bond motifs is 1. The second-order valence-electron chi connectivity index (χ2n) is 9.74. The van der Waals surface area contributed by atoms with Gasteiger partial charge in [-0.1, -0.05) is 31.2 Å². The van der Waals surface area contributed by atoms with E-state index in [0.717, 1.165) is 37.6 Å². The number of nitrogens with zero attached hydrogens (tertiary/aromatic N) is 1. The van der Waals surface area contributed by atoms with Gasteiger partial charge < -0.3 is 25.3 Å². The second kappa shape index (κ2) is 13.8. The van der Waals surface area contributed by atoms with Crippen LogP contribution in [0.2, 0.25) is 0 Å². The van der Waals surface area contributed by atoms with Gasteiger partial charge in [0, 0.05) is 29.4 Å². The third kappa shape index (κ3) is 8.57. The summed E-state index contributed by atoms with van der Waals surface area (Å²) in [6.07, 6.45) is 2.31. The second-order valence-corrected chi connectivity index (χ2v) is 11.8. The lowest BCUT2D eigenvalue weighted by Crippen LogP contribution is -2.22. The topological polar surface area (TPSA) is 84.4 Å². The highest BCUT2D eigenvalue weighted by Crippen LogP contribution is 2.32. The Bertz CT molecular complexity index is 1450. The summed E-state index contributed by atoms with van der Waals surface area (Å²) in [7, 11) is 1.78. The Balaban J connectivity index is 0.00000141. The molecule has 7 nitrogen and oxygen atoms in total. The highest BCUT2D eigenvalue weighted by Gasteiger charge is 2.30. The van der Waals surface area contributed by atoms with Crippen LogP contribution >= 0.6 is 0 Å². The van der Waals surface area contributed by atoms with Crippen molar-refractivity contribution in [3.63, 3.8) is 0 Å². The minimum absolute atomic E-state index is 0.120. The number of hydrogen-bond acceptors (Lipinski definition) is 6. The van der Waals surface area contributed by atoms with Gasteiger partial charge in [-0.15, -0.1) is 0 Å². The standard InChI is InChI=1S/C27H30F3N3O3S.C2H7N/c1-36-26-17-21(37(2,34)35)13-14-24(26)31-15-7-10-20-16-22-23(32-19-8-4-3-5-9-19)11-6-12-25(22)33(20)18-27(28,29)30;1-3-2/h6,11-14,16-17,19,31-32H,3-5,8-9,15,18H2,1-2H3;3H,1-2H3. The van der Waals surface area contributed by atoms with Crippen molar-refractivity contribution in [2.45, 2.75) is 55.8 Å². The molecule has 0 atom stereocenters. The summed E-state index contributed by atoms with van der Waals surface area (Å²) in [5.74, 6) is 6.10. The number of aromatic nitrogens is 1. The van der Waals surface area contributed by atoms with E-state index in [2.05, 4.69) is 27.8 Å². The maximum Gasteiger partial charge on any atom is 0.406 e. The smallest absolute Gasteiger partial charge is 0.406 e. The molecule has 1 fully saturated rings. The van der Waals surface area contributed by atoms with Crippen LogP contribution in [0.15, 0.2) is 47.4 Å². The van der Waals surface area contributed by atoms with Crippen LogP contribution in [0, 0.1) is 11.8 Å². The van der Waals surface area contributed by atoms with Crippen LogP contribution in [0.5, 0.6) is 5.75 Å². The molecule has 3 N–H and O–H groups in total. The molecule has 1 saturated carbocycles. The van der Waals surface area contributed by atoms with Crippen LogP contribution in [0.4, 0.5) is 24.5 Å². The number of hydrogen-bond donors (Lipinski definition) is 3. The summed E-state index contributed by atoms with van der Waals surface area (Å²) in [5.41, 5.74) is 2.10. The van der Waals surface area contributed by atoms with Crippen molar-refractivity contribution in [2.24, 2.45) is 0 Å². The Morgan fingerprint density at radius 3 is 2.38 bits per heavy atom. The first-order chi connectivity index (χ1) is 19.0. The first-order valence-electron chi connectivity index (χ1n) is 13.1. The van der Waals surface area contributed by atoms with Crippen LogP contribution in [0.25, 0.3) is 10.9 Å². The molecule has 1 aliphatic rings. The highest BCUT2D eigenvalue weighted by molar-refractivity contribution is 7.90. The average Bonchev–Trinajstić information content (AvgIpc) is 3.24. The predicted molar refractivity (Wildman–Crippen MR) is 155 cm³/mol. The van der Waals surface area contributed by atoms with Gasteiger partial charge in [-0.2, -0.15) is 13.2 Å². The zero-order valence-electron chi connectivity index (χ0n) is 23.3. The monoisotopic (exact) mass is 578 g/mol. The van der Waals surface area contributed by atoms with Crippen molar-refractivity contribution in [2.75, 3.05) is 44.6 Å². The number of nitrogens with one attached hydrogen (secondary N) is 3. The van der Waals surface area contributed by atoms with Crippen LogP contribution in [-0.2, 0) is 16.4 Å². The number of methoxy groups -OCH3 is 1. The zero-order valence-corrected chi connectivity index (χ0v) is 24.1. The Morgan fingerprint density at radius 2 is 1.75 bits per heavy atom. The third-order valence-electron chi connectivity index (χ3n) is 6.43. The van der Waals surface area contributed by atoms with Gasteiger partial charge in [0.25, 0.3) is 0 Å². The van der Waals surface area contributed by atoms with E-state index in [0.29, 0.717) is 28.4 Å². The maximum absolute atomic E-state index is 13.5. The molecule has 4 rings (SSSR count). The quantitative estimate of drug-likeness (QED) is 0.314. The molecule has 1 aliphatic carbocycles. The molecular weight excluding hydrogens is 541 g/mol. The lowest BCUT2D eigenvalue weighted by molar-refractivity contribution is -0.140. The van der Waals surface area contributed by atoms with Crippen LogP contribution in [0.1, 0.15) is 37.8 Å². The van der Waals surface area contributed by atoms with Gasteiger partial charge in [0.15, 0.2) is 9.84 Å². The molecule has 0 amide bonds. The number of anilines is 2. The van der Waals surface area contributed by atoms with Crippen molar-refractivity contribution >= 4 is 32.1 Å². The minimum atomic E-state index is -4.40. The van der Waals surface area contributed by atoms with Crippen molar-refractivity contribution in [1.29, 1.82) is 0 Å².